The van der Waals surface area contributed by atoms with Crippen molar-refractivity contribution < 1.29 is 31.5 Å². The molecule has 0 unspecified atom stereocenters. The molecule has 4 rings (SSSR count). The molecular formula is C34H34F3N3O4S. The van der Waals surface area contributed by atoms with Crippen LogP contribution in [-0.4, -0.2) is 44.4 Å². The van der Waals surface area contributed by atoms with Gasteiger partial charge in [-0.05, 0) is 59.5 Å². The molecule has 0 bridgehead atoms. The molecule has 0 aliphatic rings. The lowest BCUT2D eigenvalue weighted by molar-refractivity contribution is -0.137. The zero-order valence-corrected chi connectivity index (χ0v) is 25.4. The molecule has 45 heavy (non-hydrogen) atoms. The van der Waals surface area contributed by atoms with Crippen molar-refractivity contribution in [3.05, 3.63) is 138 Å². The van der Waals surface area contributed by atoms with E-state index >= 15 is 0 Å². The van der Waals surface area contributed by atoms with Gasteiger partial charge in [-0.25, -0.2) is 12.7 Å². The van der Waals surface area contributed by atoms with Crippen molar-refractivity contribution >= 4 is 33.4 Å². The third kappa shape index (κ3) is 9.27. The minimum atomic E-state index is -4.47. The molecule has 4 aromatic rings. The Morgan fingerprint density at radius 3 is 2.18 bits per heavy atom. The Morgan fingerprint density at radius 1 is 0.911 bits per heavy atom. The van der Waals surface area contributed by atoms with Crippen LogP contribution in [0.5, 0.6) is 0 Å². The number of benzene rings is 4. The summed E-state index contributed by atoms with van der Waals surface area (Å²) in [4.78, 5) is 13.7. The van der Waals surface area contributed by atoms with Crippen molar-refractivity contribution in [1.29, 1.82) is 0 Å². The SMILES string of the molecule is C=Cc1cc(C(=O)N[C@@H](Cc2ccccc2)[C@H](O)CNCc2cccc(C(F)(F)F)c2)cc(N(c2ccccc2)S(C)(=O)=O)c1. The van der Waals surface area contributed by atoms with Crippen LogP contribution in [0.3, 0.4) is 0 Å². The predicted molar refractivity (Wildman–Crippen MR) is 171 cm³/mol. The predicted octanol–water partition coefficient (Wildman–Crippen LogP) is 5.94. The Bertz CT molecular complexity index is 1720. The van der Waals surface area contributed by atoms with Crippen LogP contribution in [0.25, 0.3) is 6.08 Å². The van der Waals surface area contributed by atoms with Gasteiger partial charge in [-0.1, -0.05) is 79.4 Å². The summed E-state index contributed by atoms with van der Waals surface area (Å²) in [6.45, 7) is 3.82. The van der Waals surface area contributed by atoms with Gasteiger partial charge in [0.25, 0.3) is 5.91 Å². The lowest BCUT2D eigenvalue weighted by Gasteiger charge is -2.26. The van der Waals surface area contributed by atoms with Crippen molar-refractivity contribution in [2.45, 2.75) is 31.3 Å². The first-order chi connectivity index (χ1) is 21.3. The van der Waals surface area contributed by atoms with E-state index in [1.807, 2.05) is 30.3 Å². The van der Waals surface area contributed by atoms with Crippen molar-refractivity contribution in [2.75, 3.05) is 17.1 Å². The summed E-state index contributed by atoms with van der Waals surface area (Å²) < 4.78 is 66.2. The number of aliphatic hydroxyl groups is 1. The molecule has 1 amide bonds. The highest BCUT2D eigenvalue weighted by Crippen LogP contribution is 2.31. The van der Waals surface area contributed by atoms with Gasteiger partial charge in [-0.3, -0.25) is 4.79 Å². The quantitative estimate of drug-likeness (QED) is 0.169. The van der Waals surface area contributed by atoms with Crippen LogP contribution in [0.1, 0.15) is 32.6 Å². The van der Waals surface area contributed by atoms with Crippen LogP contribution in [0.2, 0.25) is 0 Å². The van der Waals surface area contributed by atoms with E-state index < -0.39 is 39.8 Å². The average molecular weight is 638 g/mol. The number of sulfonamides is 1. The fourth-order valence-electron chi connectivity index (χ4n) is 4.86. The van der Waals surface area contributed by atoms with E-state index in [0.717, 1.165) is 28.3 Å². The third-order valence-electron chi connectivity index (χ3n) is 7.01. The summed E-state index contributed by atoms with van der Waals surface area (Å²) in [6.07, 6.45) is -2.77. The van der Waals surface area contributed by atoms with E-state index in [-0.39, 0.29) is 30.8 Å². The second-order valence-corrected chi connectivity index (χ2v) is 12.4. The van der Waals surface area contributed by atoms with Gasteiger partial charge < -0.3 is 15.7 Å². The van der Waals surface area contributed by atoms with E-state index in [4.69, 9.17) is 0 Å². The summed E-state index contributed by atoms with van der Waals surface area (Å²) in [5.74, 6) is -0.556. The fraction of sp³-hybridized carbons (Fsp3) is 0.206. The largest absolute Gasteiger partial charge is 0.416 e. The second-order valence-electron chi connectivity index (χ2n) is 10.5. The average Bonchev–Trinajstić information content (AvgIpc) is 3.00. The Morgan fingerprint density at radius 2 is 1.56 bits per heavy atom. The number of carbonyl (C=O) groups excluding carboxylic acids is 1. The fourth-order valence-corrected chi connectivity index (χ4v) is 5.86. The van der Waals surface area contributed by atoms with Crippen LogP contribution in [0, 0.1) is 0 Å². The summed E-state index contributed by atoms with van der Waals surface area (Å²) in [6, 6.07) is 26.4. The smallest absolute Gasteiger partial charge is 0.390 e. The molecular weight excluding hydrogens is 603 g/mol. The number of amides is 1. The van der Waals surface area contributed by atoms with Gasteiger partial charge in [0.05, 0.1) is 35.3 Å². The number of nitrogens with one attached hydrogen (secondary N) is 2. The molecule has 0 aromatic heterocycles. The van der Waals surface area contributed by atoms with Crippen molar-refractivity contribution in [2.24, 2.45) is 0 Å². The molecule has 0 radical (unpaired) electrons. The zero-order chi connectivity index (χ0) is 32.6. The highest BCUT2D eigenvalue weighted by Gasteiger charge is 2.30. The Balaban J connectivity index is 1.57. The highest BCUT2D eigenvalue weighted by molar-refractivity contribution is 7.92. The molecule has 236 valence electrons. The molecule has 0 saturated heterocycles. The monoisotopic (exact) mass is 637 g/mol. The first-order valence-electron chi connectivity index (χ1n) is 14.1. The van der Waals surface area contributed by atoms with Gasteiger partial charge >= 0.3 is 6.18 Å². The van der Waals surface area contributed by atoms with Crippen molar-refractivity contribution in [3.63, 3.8) is 0 Å². The molecule has 0 heterocycles. The minimum Gasteiger partial charge on any atom is -0.390 e. The topological polar surface area (TPSA) is 98.7 Å². The molecule has 7 nitrogen and oxygen atoms in total. The molecule has 0 spiro atoms. The van der Waals surface area contributed by atoms with Gasteiger partial charge in [-0.2, -0.15) is 13.2 Å². The summed E-state index contributed by atoms with van der Waals surface area (Å²) in [5.41, 5.74) is 1.74. The molecule has 2 atom stereocenters. The Labute approximate surface area is 261 Å². The summed E-state index contributed by atoms with van der Waals surface area (Å²) in [7, 11) is -3.80. The molecule has 0 fully saturated rings. The standard InChI is InChI=1S/C34H34F3N3O4S/c1-3-24-17-27(21-30(19-24)40(45(2,43)44)29-15-8-5-9-16-29)33(42)39-31(20-25-11-6-4-7-12-25)32(41)23-38-22-26-13-10-14-28(18-26)34(35,36)37/h3-19,21,31-32,38,41H,1,20,22-23H2,2H3,(H,39,42)/t31-,32+/m0/s1. The lowest BCUT2D eigenvalue weighted by Crippen LogP contribution is -2.48. The molecule has 0 aliphatic carbocycles. The molecule has 3 N–H and O–H groups in total. The highest BCUT2D eigenvalue weighted by atomic mass is 32.2. The van der Waals surface area contributed by atoms with Crippen LogP contribution >= 0.6 is 0 Å². The maximum Gasteiger partial charge on any atom is 0.416 e. The van der Waals surface area contributed by atoms with E-state index in [0.29, 0.717) is 16.8 Å². The number of para-hydroxylation sites is 1. The first kappa shape index (κ1) is 33.4. The van der Waals surface area contributed by atoms with Gasteiger partial charge in [0.15, 0.2) is 0 Å². The Hall–Kier alpha value is -4.45. The number of alkyl halides is 3. The number of hydrogen-bond acceptors (Lipinski definition) is 5. The van der Waals surface area contributed by atoms with Crippen LogP contribution in [0.15, 0.2) is 110 Å². The molecule has 0 aliphatic heterocycles. The normalized spacial score (nSPS) is 13.1. The molecule has 11 heteroatoms. The zero-order valence-electron chi connectivity index (χ0n) is 24.5. The Kier molecular flexibility index (Phi) is 10.8. The number of halogens is 3. The van der Waals surface area contributed by atoms with Crippen molar-refractivity contribution in [3.8, 4) is 0 Å². The van der Waals surface area contributed by atoms with E-state index in [9.17, 15) is 31.5 Å². The van der Waals surface area contributed by atoms with E-state index in [1.165, 1.54) is 18.2 Å². The number of anilines is 2. The second kappa shape index (κ2) is 14.6. The molecule has 0 saturated carbocycles. The lowest BCUT2D eigenvalue weighted by atomic mass is 10.00. The minimum absolute atomic E-state index is 0.0260. The van der Waals surface area contributed by atoms with Crippen molar-refractivity contribution in [1.82, 2.24) is 10.6 Å². The van der Waals surface area contributed by atoms with Crippen LogP contribution in [-0.2, 0) is 29.2 Å². The first-order valence-corrected chi connectivity index (χ1v) is 15.9. The van der Waals surface area contributed by atoms with Gasteiger partial charge in [0.2, 0.25) is 10.0 Å². The van der Waals surface area contributed by atoms with Crippen LogP contribution in [0.4, 0.5) is 24.5 Å². The maximum absolute atomic E-state index is 13.7. The van der Waals surface area contributed by atoms with Gasteiger partial charge in [0.1, 0.15) is 0 Å². The molecule has 4 aromatic carbocycles. The summed E-state index contributed by atoms with van der Waals surface area (Å²) >= 11 is 0. The number of nitrogens with zero attached hydrogens (tertiary/aromatic N) is 1. The summed E-state index contributed by atoms with van der Waals surface area (Å²) in [5, 5.41) is 17.0. The third-order valence-corrected chi connectivity index (χ3v) is 8.10. The number of carbonyl (C=O) groups is 1. The van der Waals surface area contributed by atoms with E-state index in [2.05, 4.69) is 17.2 Å². The number of aliphatic hydroxyl groups excluding tert-OH is 1. The van der Waals surface area contributed by atoms with Gasteiger partial charge in [0, 0.05) is 18.7 Å². The maximum atomic E-state index is 13.7. The number of hydrogen-bond donors (Lipinski definition) is 3. The van der Waals surface area contributed by atoms with E-state index in [1.54, 1.807) is 48.5 Å². The van der Waals surface area contributed by atoms with Gasteiger partial charge in [-0.15, -0.1) is 0 Å². The van der Waals surface area contributed by atoms with Crippen LogP contribution < -0.4 is 14.9 Å². The number of rotatable bonds is 13.